The summed E-state index contributed by atoms with van der Waals surface area (Å²) in [6, 6.07) is 13.5. The first-order valence-electron chi connectivity index (χ1n) is 8.73. The van der Waals surface area contributed by atoms with E-state index < -0.39 is 0 Å². The number of benzene rings is 2. The van der Waals surface area contributed by atoms with Crippen LogP contribution in [0.1, 0.15) is 18.9 Å². The van der Waals surface area contributed by atoms with Gasteiger partial charge in [0.1, 0.15) is 23.1 Å². The van der Waals surface area contributed by atoms with Crippen LogP contribution in [-0.4, -0.2) is 42.2 Å². The third-order valence-electron chi connectivity index (χ3n) is 4.58. The molecule has 0 aliphatic carbocycles. The summed E-state index contributed by atoms with van der Waals surface area (Å²) in [4.78, 5) is 18.6. The molecular formula is C20H20ClN3O2. The minimum Gasteiger partial charge on any atom is -0.454 e. The van der Waals surface area contributed by atoms with E-state index in [0.29, 0.717) is 22.9 Å². The van der Waals surface area contributed by atoms with E-state index in [-0.39, 0.29) is 11.8 Å². The molecule has 0 saturated carbocycles. The quantitative estimate of drug-likeness (QED) is 0.875. The Morgan fingerprint density at radius 2 is 2.15 bits per heavy atom. The van der Waals surface area contributed by atoms with E-state index in [4.69, 9.17) is 21.3 Å². The number of hydrogen-bond donors (Lipinski definition) is 1. The van der Waals surface area contributed by atoms with E-state index in [1.807, 2.05) is 36.4 Å². The Hall–Kier alpha value is -2.37. The Morgan fingerprint density at radius 1 is 1.31 bits per heavy atom. The third-order valence-corrected chi connectivity index (χ3v) is 4.82. The lowest BCUT2D eigenvalue weighted by atomic mass is 10.1. The van der Waals surface area contributed by atoms with Crippen LogP contribution < -0.4 is 10.1 Å². The molecule has 0 aromatic heterocycles. The lowest BCUT2D eigenvalue weighted by Gasteiger charge is -2.35. The number of carbonyl (C=O) groups excluding carboxylic acids is 1. The number of rotatable bonds is 2. The van der Waals surface area contributed by atoms with Crippen molar-refractivity contribution >= 4 is 28.9 Å². The number of para-hydroxylation sites is 1. The van der Waals surface area contributed by atoms with Crippen LogP contribution in [0.3, 0.4) is 0 Å². The number of halogens is 1. The van der Waals surface area contributed by atoms with Crippen molar-refractivity contribution in [3.8, 4) is 11.5 Å². The van der Waals surface area contributed by atoms with Crippen molar-refractivity contribution in [2.45, 2.75) is 19.4 Å². The predicted molar refractivity (Wildman–Crippen MR) is 103 cm³/mol. The summed E-state index contributed by atoms with van der Waals surface area (Å²) in [5.74, 6) is 2.51. The molecule has 1 fully saturated rings. The van der Waals surface area contributed by atoms with Crippen molar-refractivity contribution in [2.24, 2.45) is 4.99 Å². The van der Waals surface area contributed by atoms with Crippen LogP contribution in [0, 0.1) is 0 Å². The highest BCUT2D eigenvalue weighted by Crippen LogP contribution is 2.39. The molecule has 2 heterocycles. The molecular weight excluding hydrogens is 350 g/mol. The van der Waals surface area contributed by atoms with Crippen LogP contribution in [0.2, 0.25) is 5.02 Å². The zero-order valence-corrected chi connectivity index (χ0v) is 15.3. The number of hydrogen-bond acceptors (Lipinski definition) is 5. The van der Waals surface area contributed by atoms with E-state index in [1.165, 1.54) is 0 Å². The van der Waals surface area contributed by atoms with Gasteiger partial charge in [0.15, 0.2) is 5.75 Å². The Balaban J connectivity index is 1.76. The zero-order chi connectivity index (χ0) is 18.1. The van der Waals surface area contributed by atoms with Gasteiger partial charge in [-0.15, -0.1) is 0 Å². The standard InChI is InChI=1S/C20H20ClN3O2/c1-13(25)10-15-12-24(9-8-22-15)20-16-4-2-3-5-18(16)26-19-7-6-14(21)11-17(19)23-20/h2-7,11,15,22H,8-10,12H2,1H3/t15-/m0/s1. The SMILES string of the molecule is CC(=O)C[C@H]1CN(C2=Nc3cc(Cl)ccc3Oc3ccccc32)CCN1. The number of ketones is 1. The van der Waals surface area contributed by atoms with Crippen molar-refractivity contribution in [2.75, 3.05) is 19.6 Å². The van der Waals surface area contributed by atoms with E-state index in [1.54, 1.807) is 13.0 Å². The highest BCUT2D eigenvalue weighted by atomic mass is 35.5. The van der Waals surface area contributed by atoms with E-state index >= 15 is 0 Å². The van der Waals surface area contributed by atoms with Crippen LogP contribution in [0.25, 0.3) is 0 Å². The maximum Gasteiger partial charge on any atom is 0.153 e. The van der Waals surface area contributed by atoms with Crippen molar-refractivity contribution in [3.63, 3.8) is 0 Å². The first-order chi connectivity index (χ1) is 12.6. The molecule has 5 nitrogen and oxygen atoms in total. The van der Waals surface area contributed by atoms with Gasteiger partial charge in [0.2, 0.25) is 0 Å². The maximum absolute atomic E-state index is 11.5. The Kier molecular flexibility index (Phi) is 4.66. The second-order valence-corrected chi connectivity index (χ2v) is 7.09. The fraction of sp³-hybridized carbons (Fsp3) is 0.300. The molecule has 6 heteroatoms. The van der Waals surface area contributed by atoms with Crippen molar-refractivity contribution in [1.29, 1.82) is 0 Å². The maximum atomic E-state index is 11.5. The van der Waals surface area contributed by atoms with Gasteiger partial charge in [-0.3, -0.25) is 4.79 Å². The van der Waals surface area contributed by atoms with Gasteiger partial charge in [-0.05, 0) is 37.3 Å². The Bertz CT molecular complexity index is 881. The number of nitrogens with zero attached hydrogens (tertiary/aromatic N) is 2. The summed E-state index contributed by atoms with van der Waals surface area (Å²) in [7, 11) is 0. The van der Waals surface area contributed by atoms with Gasteiger partial charge >= 0.3 is 0 Å². The minimum atomic E-state index is 0.124. The smallest absolute Gasteiger partial charge is 0.153 e. The molecule has 0 bridgehead atoms. The number of amidine groups is 1. The number of Topliss-reactive ketones (excluding diaryl/α,β-unsaturated/α-hetero) is 1. The molecule has 0 radical (unpaired) electrons. The number of piperazine rings is 1. The molecule has 2 aromatic carbocycles. The molecule has 26 heavy (non-hydrogen) atoms. The molecule has 1 saturated heterocycles. The normalized spacial score (nSPS) is 18.9. The summed E-state index contributed by atoms with van der Waals surface area (Å²) >= 11 is 6.17. The van der Waals surface area contributed by atoms with Crippen molar-refractivity contribution < 1.29 is 9.53 Å². The first-order valence-corrected chi connectivity index (χ1v) is 9.11. The summed E-state index contributed by atoms with van der Waals surface area (Å²) in [5.41, 5.74) is 1.66. The van der Waals surface area contributed by atoms with E-state index in [0.717, 1.165) is 36.8 Å². The van der Waals surface area contributed by atoms with E-state index in [2.05, 4.69) is 10.2 Å². The van der Waals surface area contributed by atoms with Gasteiger partial charge in [0, 0.05) is 37.1 Å². The molecule has 134 valence electrons. The third kappa shape index (κ3) is 3.45. The highest BCUT2D eigenvalue weighted by molar-refractivity contribution is 6.31. The molecule has 2 aliphatic rings. The van der Waals surface area contributed by atoms with Crippen LogP contribution >= 0.6 is 11.6 Å². The van der Waals surface area contributed by atoms with Crippen LogP contribution in [0.15, 0.2) is 47.5 Å². The van der Waals surface area contributed by atoms with Gasteiger partial charge in [-0.2, -0.15) is 0 Å². The number of fused-ring (bicyclic) bond motifs is 2. The van der Waals surface area contributed by atoms with Crippen molar-refractivity contribution in [1.82, 2.24) is 10.2 Å². The second kappa shape index (κ2) is 7.09. The van der Waals surface area contributed by atoms with Gasteiger partial charge < -0.3 is 15.0 Å². The molecule has 2 aromatic rings. The molecule has 1 N–H and O–H groups in total. The summed E-state index contributed by atoms with van der Waals surface area (Å²) in [6.07, 6.45) is 0.518. The topological polar surface area (TPSA) is 53.9 Å². The van der Waals surface area contributed by atoms with Crippen LogP contribution in [0.4, 0.5) is 5.69 Å². The number of aliphatic imine (C=N–C) groups is 1. The predicted octanol–water partition coefficient (Wildman–Crippen LogP) is 3.78. The van der Waals surface area contributed by atoms with Crippen molar-refractivity contribution in [3.05, 3.63) is 53.1 Å². The number of carbonyl (C=O) groups is 1. The summed E-state index contributed by atoms with van der Waals surface area (Å²) in [5, 5.41) is 4.04. The van der Waals surface area contributed by atoms with Gasteiger partial charge in [0.25, 0.3) is 0 Å². The fourth-order valence-corrected chi connectivity index (χ4v) is 3.61. The molecule has 0 spiro atoms. The average molecular weight is 370 g/mol. The average Bonchev–Trinajstić information content (AvgIpc) is 2.78. The summed E-state index contributed by atoms with van der Waals surface area (Å²) < 4.78 is 6.10. The van der Waals surface area contributed by atoms with Gasteiger partial charge in [0.05, 0.1) is 5.56 Å². The second-order valence-electron chi connectivity index (χ2n) is 6.65. The Morgan fingerprint density at radius 3 is 3.00 bits per heavy atom. The molecule has 0 amide bonds. The van der Waals surface area contributed by atoms with E-state index in [9.17, 15) is 4.79 Å². The lowest BCUT2D eigenvalue weighted by molar-refractivity contribution is -0.117. The Labute approximate surface area is 157 Å². The molecule has 0 unspecified atom stereocenters. The van der Waals surface area contributed by atoms with Crippen LogP contribution in [0.5, 0.6) is 11.5 Å². The van der Waals surface area contributed by atoms with Gasteiger partial charge in [-0.1, -0.05) is 23.7 Å². The van der Waals surface area contributed by atoms with Crippen LogP contribution in [-0.2, 0) is 4.79 Å². The first kappa shape index (κ1) is 17.1. The zero-order valence-electron chi connectivity index (χ0n) is 14.5. The molecule has 4 rings (SSSR count). The highest BCUT2D eigenvalue weighted by Gasteiger charge is 2.27. The number of nitrogens with one attached hydrogen (secondary N) is 1. The largest absolute Gasteiger partial charge is 0.454 e. The number of ether oxygens (including phenoxy) is 1. The fourth-order valence-electron chi connectivity index (χ4n) is 3.44. The molecule has 1 atom stereocenters. The summed E-state index contributed by atoms with van der Waals surface area (Å²) in [6.45, 7) is 3.98. The van der Waals surface area contributed by atoms with Gasteiger partial charge in [-0.25, -0.2) is 4.99 Å². The lowest BCUT2D eigenvalue weighted by Crippen LogP contribution is -2.53. The monoisotopic (exact) mass is 369 g/mol. The molecule has 2 aliphatic heterocycles. The minimum absolute atomic E-state index is 0.124.